The number of carbonyl (C=O) groups is 1. The number of carbonyl (C=O) groups excluding carboxylic acids is 1. The summed E-state index contributed by atoms with van der Waals surface area (Å²) in [5, 5.41) is 3.34. The number of hydrogen-bond donors (Lipinski definition) is 2. The molecule has 1 saturated heterocycles. The van der Waals surface area contributed by atoms with Crippen LogP contribution in [0.1, 0.15) is 29.8 Å². The van der Waals surface area contributed by atoms with Crippen molar-refractivity contribution in [2.45, 2.75) is 37.8 Å². The summed E-state index contributed by atoms with van der Waals surface area (Å²) in [6, 6.07) is 13.5. The molecule has 1 fully saturated rings. The Morgan fingerprint density at radius 3 is 2.29 bits per heavy atom. The number of amides is 1. The van der Waals surface area contributed by atoms with E-state index in [4.69, 9.17) is 0 Å². The summed E-state index contributed by atoms with van der Waals surface area (Å²) in [6.07, 6.45) is 0. The van der Waals surface area contributed by atoms with Crippen molar-refractivity contribution < 1.29 is 13.2 Å². The van der Waals surface area contributed by atoms with Gasteiger partial charge in [0.15, 0.2) is 0 Å². The van der Waals surface area contributed by atoms with Gasteiger partial charge in [0.05, 0.1) is 4.90 Å². The molecule has 0 aliphatic carbocycles. The van der Waals surface area contributed by atoms with Crippen LogP contribution in [-0.4, -0.2) is 44.4 Å². The highest BCUT2D eigenvalue weighted by atomic mass is 35.5. The number of sulfonamides is 1. The first-order chi connectivity index (χ1) is 12.8. The average Bonchev–Trinajstić information content (AvgIpc) is 2.65. The van der Waals surface area contributed by atoms with Gasteiger partial charge in [-0.05, 0) is 57.2 Å². The third-order valence-corrected chi connectivity index (χ3v) is 6.41. The molecule has 2 atom stereocenters. The standard InChI is InChI=1S/C20H25N3O3S.ClH/c1-14-4-8-18(9-5-14)22-27(25,26)19-10-6-17(7-11-19)20(24)23-13-12-21-15(2)16(23)3;/h4-11,15-16,21-22H,12-13H2,1-3H3;1H. The van der Waals surface area contributed by atoms with Gasteiger partial charge in [0.25, 0.3) is 15.9 Å². The van der Waals surface area contributed by atoms with Crippen LogP contribution in [0.15, 0.2) is 53.4 Å². The number of nitrogens with zero attached hydrogens (tertiary/aromatic N) is 1. The zero-order valence-electron chi connectivity index (χ0n) is 16.2. The van der Waals surface area contributed by atoms with E-state index in [2.05, 4.69) is 17.0 Å². The molecule has 1 aliphatic rings. The van der Waals surface area contributed by atoms with Gasteiger partial charge >= 0.3 is 0 Å². The minimum atomic E-state index is -3.70. The van der Waals surface area contributed by atoms with Gasteiger partial charge in [-0.2, -0.15) is 0 Å². The molecule has 2 unspecified atom stereocenters. The first-order valence-corrected chi connectivity index (χ1v) is 10.5. The summed E-state index contributed by atoms with van der Waals surface area (Å²) in [7, 11) is -3.70. The van der Waals surface area contributed by atoms with Crippen molar-refractivity contribution in [3.8, 4) is 0 Å². The van der Waals surface area contributed by atoms with Gasteiger partial charge in [-0.15, -0.1) is 12.4 Å². The Morgan fingerprint density at radius 1 is 1.07 bits per heavy atom. The predicted octanol–water partition coefficient (Wildman–Crippen LogP) is 3.04. The summed E-state index contributed by atoms with van der Waals surface area (Å²) < 4.78 is 27.7. The van der Waals surface area contributed by atoms with E-state index < -0.39 is 10.0 Å². The van der Waals surface area contributed by atoms with Crippen LogP contribution in [0.4, 0.5) is 5.69 Å². The fraction of sp³-hybridized carbons (Fsp3) is 0.350. The lowest BCUT2D eigenvalue weighted by molar-refractivity contribution is 0.0603. The molecule has 3 rings (SSSR count). The Labute approximate surface area is 172 Å². The second-order valence-corrected chi connectivity index (χ2v) is 8.66. The van der Waals surface area contributed by atoms with Crippen molar-refractivity contribution in [3.05, 3.63) is 59.7 Å². The van der Waals surface area contributed by atoms with E-state index in [1.54, 1.807) is 24.3 Å². The maximum Gasteiger partial charge on any atom is 0.261 e. The molecular formula is C20H26ClN3O3S. The Hall–Kier alpha value is -2.09. The lowest BCUT2D eigenvalue weighted by Crippen LogP contribution is -2.57. The third-order valence-electron chi connectivity index (χ3n) is 5.01. The maximum absolute atomic E-state index is 12.8. The van der Waals surface area contributed by atoms with Crippen LogP contribution >= 0.6 is 12.4 Å². The fourth-order valence-electron chi connectivity index (χ4n) is 3.12. The molecule has 0 radical (unpaired) electrons. The monoisotopic (exact) mass is 423 g/mol. The van der Waals surface area contributed by atoms with Crippen LogP contribution in [0.2, 0.25) is 0 Å². The van der Waals surface area contributed by atoms with Crippen LogP contribution in [-0.2, 0) is 10.0 Å². The second-order valence-electron chi connectivity index (χ2n) is 6.98. The molecule has 0 spiro atoms. The molecule has 1 aliphatic heterocycles. The Bertz CT molecular complexity index is 915. The van der Waals surface area contributed by atoms with Crippen LogP contribution in [0.5, 0.6) is 0 Å². The lowest BCUT2D eigenvalue weighted by atomic mass is 10.1. The number of piperazine rings is 1. The molecular weight excluding hydrogens is 398 g/mol. The minimum absolute atomic E-state index is 0. The van der Waals surface area contributed by atoms with Crippen LogP contribution in [0.3, 0.4) is 0 Å². The van der Waals surface area contributed by atoms with E-state index in [9.17, 15) is 13.2 Å². The zero-order valence-corrected chi connectivity index (χ0v) is 17.8. The molecule has 0 saturated carbocycles. The van der Waals surface area contributed by atoms with E-state index in [0.29, 0.717) is 17.8 Å². The number of halogens is 1. The Morgan fingerprint density at radius 2 is 1.68 bits per heavy atom. The molecule has 2 N–H and O–H groups in total. The van der Waals surface area contributed by atoms with Gasteiger partial charge in [0.1, 0.15) is 0 Å². The molecule has 8 heteroatoms. The second kappa shape index (κ2) is 8.94. The summed E-state index contributed by atoms with van der Waals surface area (Å²) >= 11 is 0. The molecule has 2 aromatic carbocycles. The average molecular weight is 424 g/mol. The van der Waals surface area contributed by atoms with Crippen molar-refractivity contribution in [1.82, 2.24) is 10.2 Å². The molecule has 0 aromatic heterocycles. The number of rotatable bonds is 4. The van der Waals surface area contributed by atoms with Gasteiger partial charge in [-0.3, -0.25) is 9.52 Å². The van der Waals surface area contributed by atoms with E-state index in [0.717, 1.165) is 12.1 Å². The quantitative estimate of drug-likeness (QED) is 0.792. The molecule has 0 bridgehead atoms. The van der Waals surface area contributed by atoms with Gasteiger partial charge in [-0.25, -0.2) is 8.42 Å². The van der Waals surface area contributed by atoms with Gasteiger partial charge in [0.2, 0.25) is 0 Å². The Kier molecular flexibility index (Phi) is 7.09. The number of benzene rings is 2. The van der Waals surface area contributed by atoms with Crippen molar-refractivity contribution >= 4 is 34.0 Å². The summed E-state index contributed by atoms with van der Waals surface area (Å²) in [4.78, 5) is 14.7. The summed E-state index contributed by atoms with van der Waals surface area (Å²) in [5.74, 6) is -0.0775. The largest absolute Gasteiger partial charge is 0.333 e. The van der Waals surface area contributed by atoms with Crippen molar-refractivity contribution in [2.24, 2.45) is 0 Å². The van der Waals surface area contributed by atoms with Gasteiger partial charge < -0.3 is 10.2 Å². The Balaban J connectivity index is 0.00000280. The zero-order chi connectivity index (χ0) is 19.6. The van der Waals surface area contributed by atoms with Gasteiger partial charge in [-0.1, -0.05) is 17.7 Å². The lowest BCUT2D eigenvalue weighted by Gasteiger charge is -2.38. The highest BCUT2D eigenvalue weighted by Gasteiger charge is 2.28. The molecule has 28 heavy (non-hydrogen) atoms. The maximum atomic E-state index is 12.8. The smallest absolute Gasteiger partial charge is 0.261 e. The topological polar surface area (TPSA) is 78.5 Å². The first kappa shape index (κ1) is 22.2. The summed E-state index contributed by atoms with van der Waals surface area (Å²) in [5.41, 5.74) is 2.05. The van der Waals surface area contributed by atoms with Crippen molar-refractivity contribution in [1.29, 1.82) is 0 Å². The summed E-state index contributed by atoms with van der Waals surface area (Å²) in [6.45, 7) is 7.40. The highest BCUT2D eigenvalue weighted by molar-refractivity contribution is 7.92. The number of hydrogen-bond acceptors (Lipinski definition) is 4. The van der Waals surface area contributed by atoms with E-state index in [1.807, 2.05) is 30.9 Å². The minimum Gasteiger partial charge on any atom is -0.333 e. The molecule has 1 heterocycles. The first-order valence-electron chi connectivity index (χ1n) is 9.02. The van der Waals surface area contributed by atoms with Crippen LogP contribution in [0, 0.1) is 6.92 Å². The molecule has 1 amide bonds. The number of aryl methyl sites for hydroxylation is 1. The fourth-order valence-corrected chi connectivity index (χ4v) is 4.18. The van der Waals surface area contributed by atoms with Gasteiger partial charge in [0, 0.05) is 36.4 Å². The molecule has 6 nitrogen and oxygen atoms in total. The van der Waals surface area contributed by atoms with Crippen molar-refractivity contribution in [3.63, 3.8) is 0 Å². The molecule has 2 aromatic rings. The predicted molar refractivity (Wildman–Crippen MR) is 114 cm³/mol. The number of nitrogens with one attached hydrogen (secondary N) is 2. The van der Waals surface area contributed by atoms with Crippen molar-refractivity contribution in [2.75, 3.05) is 17.8 Å². The van der Waals surface area contributed by atoms with E-state index in [1.165, 1.54) is 12.1 Å². The SMILES string of the molecule is Cc1ccc(NS(=O)(=O)c2ccc(C(=O)N3CCNC(C)C3C)cc2)cc1.Cl. The highest BCUT2D eigenvalue weighted by Crippen LogP contribution is 2.19. The van der Waals surface area contributed by atoms with E-state index in [-0.39, 0.29) is 35.3 Å². The molecule has 152 valence electrons. The third kappa shape index (κ3) is 4.84. The normalized spacial score (nSPS) is 19.6. The number of anilines is 1. The van der Waals surface area contributed by atoms with Crippen LogP contribution < -0.4 is 10.0 Å². The van der Waals surface area contributed by atoms with E-state index >= 15 is 0 Å². The van der Waals surface area contributed by atoms with Crippen LogP contribution in [0.25, 0.3) is 0 Å².